The van der Waals surface area contributed by atoms with E-state index in [2.05, 4.69) is 5.32 Å². The van der Waals surface area contributed by atoms with Crippen LogP contribution in [0.25, 0.3) is 0 Å². The smallest absolute Gasteiger partial charge is 0.335 e. The Bertz CT molecular complexity index is 665. The standard InChI is InChI=1S/C16H21NO9/c1-7(19)17-12-14(21)13(20)11(6-18)26-16(12)25-9-4-3-8(15(22)23)5-10(9)24-2/h3-5,11-14,16,18,20-21H,6H2,1-2H3,(H,17,19)(H,22,23)/t11-,12+,13-,14+,16+/m1/s1. The van der Waals surface area contributed by atoms with Crippen LogP contribution in [0, 0.1) is 0 Å². The van der Waals surface area contributed by atoms with E-state index in [1.807, 2.05) is 0 Å². The Balaban J connectivity index is 2.31. The molecule has 1 heterocycles. The van der Waals surface area contributed by atoms with Crippen LogP contribution in [0.3, 0.4) is 0 Å². The topological polar surface area (TPSA) is 155 Å². The molecule has 0 spiro atoms. The van der Waals surface area contributed by atoms with Crippen LogP contribution in [-0.2, 0) is 9.53 Å². The molecule has 0 radical (unpaired) electrons. The molecule has 1 saturated heterocycles. The number of aliphatic hydroxyl groups excluding tert-OH is 3. The van der Waals surface area contributed by atoms with Crippen molar-refractivity contribution in [2.24, 2.45) is 0 Å². The number of hydrogen-bond acceptors (Lipinski definition) is 8. The van der Waals surface area contributed by atoms with E-state index in [0.717, 1.165) is 0 Å². The van der Waals surface area contributed by atoms with Gasteiger partial charge in [0.15, 0.2) is 11.5 Å². The summed E-state index contributed by atoms with van der Waals surface area (Å²) >= 11 is 0. The molecule has 10 nitrogen and oxygen atoms in total. The number of carboxylic acid groups (broad SMARTS) is 1. The highest BCUT2D eigenvalue weighted by Gasteiger charge is 2.46. The van der Waals surface area contributed by atoms with Gasteiger partial charge in [-0.15, -0.1) is 0 Å². The first kappa shape index (κ1) is 19.9. The molecule has 5 atom stereocenters. The van der Waals surface area contributed by atoms with E-state index >= 15 is 0 Å². The predicted molar refractivity (Wildman–Crippen MR) is 85.9 cm³/mol. The van der Waals surface area contributed by atoms with Crippen LogP contribution >= 0.6 is 0 Å². The van der Waals surface area contributed by atoms with Crippen LogP contribution in [0.2, 0.25) is 0 Å². The maximum atomic E-state index is 11.4. The van der Waals surface area contributed by atoms with Crippen molar-refractivity contribution in [2.75, 3.05) is 13.7 Å². The lowest BCUT2D eigenvalue weighted by Crippen LogP contribution is -2.65. The molecule has 1 aromatic carbocycles. The summed E-state index contributed by atoms with van der Waals surface area (Å²) in [7, 11) is 1.32. The molecular formula is C16H21NO9. The molecular weight excluding hydrogens is 350 g/mol. The van der Waals surface area contributed by atoms with Gasteiger partial charge in [0, 0.05) is 6.92 Å². The molecule has 2 rings (SSSR count). The fourth-order valence-electron chi connectivity index (χ4n) is 2.59. The Morgan fingerprint density at radius 1 is 1.23 bits per heavy atom. The zero-order valence-corrected chi connectivity index (χ0v) is 14.2. The number of nitrogens with one attached hydrogen (secondary N) is 1. The van der Waals surface area contributed by atoms with Gasteiger partial charge in [-0.25, -0.2) is 4.79 Å². The van der Waals surface area contributed by atoms with Crippen molar-refractivity contribution in [3.8, 4) is 11.5 Å². The molecule has 1 aliphatic heterocycles. The van der Waals surface area contributed by atoms with Crippen LogP contribution in [0.1, 0.15) is 17.3 Å². The third kappa shape index (κ3) is 4.22. The van der Waals surface area contributed by atoms with Crippen molar-refractivity contribution in [1.82, 2.24) is 5.32 Å². The average molecular weight is 371 g/mol. The summed E-state index contributed by atoms with van der Waals surface area (Å²) in [6.45, 7) is 0.635. The predicted octanol–water partition coefficient (Wildman–Crippen LogP) is -1.28. The molecule has 0 saturated carbocycles. The van der Waals surface area contributed by atoms with Crippen molar-refractivity contribution in [3.63, 3.8) is 0 Å². The Labute approximate surface area is 148 Å². The number of carbonyl (C=O) groups is 2. The normalized spacial score (nSPS) is 28.3. The van der Waals surface area contributed by atoms with Crippen LogP contribution in [0.4, 0.5) is 0 Å². The number of benzene rings is 1. The summed E-state index contributed by atoms with van der Waals surface area (Å²) in [4.78, 5) is 22.4. The van der Waals surface area contributed by atoms with Crippen LogP contribution in [0.15, 0.2) is 18.2 Å². The Hall–Kier alpha value is -2.40. The Morgan fingerprint density at radius 3 is 2.46 bits per heavy atom. The van der Waals surface area contributed by atoms with Crippen LogP contribution < -0.4 is 14.8 Å². The highest BCUT2D eigenvalue weighted by atomic mass is 16.7. The number of methoxy groups -OCH3 is 1. The summed E-state index contributed by atoms with van der Waals surface area (Å²) in [5.74, 6) is -1.46. The molecule has 10 heteroatoms. The maximum Gasteiger partial charge on any atom is 0.335 e. The fourth-order valence-corrected chi connectivity index (χ4v) is 2.59. The van der Waals surface area contributed by atoms with Gasteiger partial charge in [-0.05, 0) is 18.2 Å². The number of aliphatic hydroxyl groups is 3. The lowest BCUT2D eigenvalue weighted by molar-refractivity contribution is -0.244. The number of hydrogen-bond donors (Lipinski definition) is 5. The molecule has 144 valence electrons. The first-order valence-corrected chi connectivity index (χ1v) is 7.76. The van der Waals surface area contributed by atoms with Gasteiger partial charge >= 0.3 is 5.97 Å². The molecule has 5 N–H and O–H groups in total. The first-order valence-electron chi connectivity index (χ1n) is 7.76. The van der Waals surface area contributed by atoms with E-state index in [0.29, 0.717) is 0 Å². The zero-order valence-electron chi connectivity index (χ0n) is 14.2. The van der Waals surface area contributed by atoms with E-state index in [1.165, 1.54) is 32.2 Å². The van der Waals surface area contributed by atoms with Gasteiger partial charge < -0.3 is 40.0 Å². The van der Waals surface area contributed by atoms with Crippen molar-refractivity contribution < 1.29 is 44.2 Å². The number of carbonyl (C=O) groups excluding carboxylic acids is 1. The number of rotatable bonds is 6. The van der Waals surface area contributed by atoms with Crippen molar-refractivity contribution in [1.29, 1.82) is 0 Å². The minimum absolute atomic E-state index is 0.0270. The molecule has 0 aliphatic carbocycles. The van der Waals surface area contributed by atoms with Crippen molar-refractivity contribution >= 4 is 11.9 Å². The first-order chi connectivity index (χ1) is 12.3. The van der Waals surface area contributed by atoms with Gasteiger partial charge in [0.05, 0.1) is 19.3 Å². The Morgan fingerprint density at radius 2 is 1.92 bits per heavy atom. The minimum Gasteiger partial charge on any atom is -0.493 e. The van der Waals surface area contributed by atoms with Gasteiger partial charge in [0.2, 0.25) is 12.2 Å². The number of aromatic carboxylic acids is 1. The monoisotopic (exact) mass is 371 g/mol. The molecule has 0 unspecified atom stereocenters. The van der Waals surface area contributed by atoms with Crippen molar-refractivity contribution in [2.45, 2.75) is 37.6 Å². The summed E-state index contributed by atoms with van der Waals surface area (Å²) in [5.41, 5.74) is -0.0270. The molecule has 0 bridgehead atoms. The summed E-state index contributed by atoms with van der Waals surface area (Å²) in [6.07, 6.45) is -5.30. The second kappa shape index (κ2) is 8.32. The largest absolute Gasteiger partial charge is 0.493 e. The van der Waals surface area contributed by atoms with Crippen LogP contribution in [-0.4, -0.2) is 76.7 Å². The summed E-state index contributed by atoms with van der Waals surface area (Å²) in [6, 6.07) is 2.73. The summed E-state index contributed by atoms with van der Waals surface area (Å²) < 4.78 is 16.2. The second-order valence-corrected chi connectivity index (χ2v) is 5.72. The molecule has 1 fully saturated rings. The maximum absolute atomic E-state index is 11.4. The summed E-state index contributed by atoms with van der Waals surface area (Å²) in [5, 5.41) is 41.0. The third-order valence-corrected chi connectivity index (χ3v) is 3.90. The van der Waals surface area contributed by atoms with E-state index in [-0.39, 0.29) is 17.1 Å². The van der Waals surface area contributed by atoms with E-state index in [1.54, 1.807) is 0 Å². The van der Waals surface area contributed by atoms with E-state index in [9.17, 15) is 24.9 Å². The zero-order chi connectivity index (χ0) is 19.4. The minimum atomic E-state index is -1.46. The number of amides is 1. The van der Waals surface area contributed by atoms with Gasteiger partial charge in [-0.3, -0.25) is 4.79 Å². The van der Waals surface area contributed by atoms with Gasteiger partial charge in [0.25, 0.3) is 0 Å². The van der Waals surface area contributed by atoms with Gasteiger partial charge in [-0.1, -0.05) is 0 Å². The lowest BCUT2D eigenvalue weighted by Gasteiger charge is -2.42. The highest BCUT2D eigenvalue weighted by Crippen LogP contribution is 2.32. The second-order valence-electron chi connectivity index (χ2n) is 5.72. The fraction of sp³-hybridized carbons (Fsp3) is 0.500. The van der Waals surface area contributed by atoms with E-state index in [4.69, 9.17) is 19.3 Å². The van der Waals surface area contributed by atoms with Gasteiger partial charge in [-0.2, -0.15) is 0 Å². The van der Waals surface area contributed by atoms with Gasteiger partial charge in [0.1, 0.15) is 24.4 Å². The third-order valence-electron chi connectivity index (χ3n) is 3.90. The quantitative estimate of drug-likeness (QED) is 0.411. The highest BCUT2D eigenvalue weighted by molar-refractivity contribution is 5.88. The number of ether oxygens (including phenoxy) is 3. The average Bonchev–Trinajstić information content (AvgIpc) is 2.60. The Kier molecular flexibility index (Phi) is 6.37. The lowest BCUT2D eigenvalue weighted by atomic mass is 9.97. The van der Waals surface area contributed by atoms with E-state index < -0.39 is 49.1 Å². The molecule has 0 aromatic heterocycles. The van der Waals surface area contributed by atoms with Crippen molar-refractivity contribution in [3.05, 3.63) is 23.8 Å². The number of carboxylic acids is 1. The van der Waals surface area contributed by atoms with Crippen LogP contribution in [0.5, 0.6) is 11.5 Å². The molecule has 1 aromatic rings. The SMILES string of the molecule is COc1cc(C(=O)O)ccc1O[C@H]1O[C@H](CO)[C@@H](O)[C@@H](O)[C@@H]1NC(C)=O. The molecule has 1 amide bonds. The molecule has 26 heavy (non-hydrogen) atoms. The molecule has 1 aliphatic rings.